The Kier molecular flexibility index (Phi) is 4.85. The standard InChI is InChI=1S/C8H14FN/c1-3-4-7(2)8(9)5-6-10/h4-5H,3,6,10H2,1-2H3/b7-4-,8-5+. The van der Waals surface area contributed by atoms with Gasteiger partial charge in [-0.25, -0.2) is 4.39 Å². The van der Waals surface area contributed by atoms with Crippen LogP contribution in [0.5, 0.6) is 0 Å². The number of hydrogen-bond donors (Lipinski definition) is 1. The van der Waals surface area contributed by atoms with Crippen LogP contribution in [0.1, 0.15) is 20.3 Å². The summed E-state index contributed by atoms with van der Waals surface area (Å²) in [5, 5.41) is 0. The quantitative estimate of drug-likeness (QED) is 0.602. The molecule has 0 bridgehead atoms. The Balaban J connectivity index is 4.06. The Hall–Kier alpha value is -0.630. The fraction of sp³-hybridized carbons (Fsp3) is 0.500. The molecule has 0 aromatic rings. The van der Waals surface area contributed by atoms with Crippen LogP contribution < -0.4 is 5.73 Å². The smallest absolute Gasteiger partial charge is 0.123 e. The Labute approximate surface area is 61.4 Å². The Bertz CT molecular complexity index is 129. The zero-order valence-electron chi connectivity index (χ0n) is 6.52. The predicted octanol–water partition coefficient (Wildman–Crippen LogP) is 2.15. The van der Waals surface area contributed by atoms with Crippen molar-refractivity contribution in [1.82, 2.24) is 0 Å². The lowest BCUT2D eigenvalue weighted by Gasteiger charge is -1.94. The van der Waals surface area contributed by atoms with Crippen molar-refractivity contribution >= 4 is 0 Å². The highest BCUT2D eigenvalue weighted by Gasteiger charge is 1.93. The SMILES string of the molecule is CC/C=C(C)\C(F)=C/CN. The Morgan fingerprint density at radius 3 is 2.50 bits per heavy atom. The van der Waals surface area contributed by atoms with E-state index in [4.69, 9.17) is 5.73 Å². The summed E-state index contributed by atoms with van der Waals surface area (Å²) in [5.41, 5.74) is 5.79. The number of halogens is 1. The molecule has 10 heavy (non-hydrogen) atoms. The Morgan fingerprint density at radius 1 is 1.50 bits per heavy atom. The van der Waals surface area contributed by atoms with Gasteiger partial charge < -0.3 is 5.73 Å². The first-order valence-electron chi connectivity index (χ1n) is 3.45. The van der Waals surface area contributed by atoms with E-state index in [-0.39, 0.29) is 12.4 Å². The first kappa shape index (κ1) is 9.37. The molecular weight excluding hydrogens is 129 g/mol. The molecular formula is C8H14FN. The van der Waals surface area contributed by atoms with Crippen molar-refractivity contribution in [2.24, 2.45) is 5.73 Å². The van der Waals surface area contributed by atoms with Gasteiger partial charge in [0.2, 0.25) is 0 Å². The molecule has 0 fully saturated rings. The second kappa shape index (κ2) is 5.18. The van der Waals surface area contributed by atoms with Gasteiger partial charge in [0, 0.05) is 6.54 Å². The summed E-state index contributed by atoms with van der Waals surface area (Å²) in [6, 6.07) is 0. The van der Waals surface area contributed by atoms with Crippen molar-refractivity contribution in [2.75, 3.05) is 6.54 Å². The van der Waals surface area contributed by atoms with Gasteiger partial charge in [0.05, 0.1) is 0 Å². The van der Waals surface area contributed by atoms with E-state index in [1.54, 1.807) is 6.92 Å². The Morgan fingerprint density at radius 2 is 2.10 bits per heavy atom. The number of nitrogens with two attached hydrogens (primary N) is 1. The summed E-state index contributed by atoms with van der Waals surface area (Å²) in [7, 11) is 0. The van der Waals surface area contributed by atoms with Crippen LogP contribution in [0, 0.1) is 0 Å². The molecule has 2 heteroatoms. The lowest BCUT2D eigenvalue weighted by atomic mass is 10.2. The van der Waals surface area contributed by atoms with Gasteiger partial charge >= 0.3 is 0 Å². The van der Waals surface area contributed by atoms with E-state index in [0.717, 1.165) is 6.42 Å². The van der Waals surface area contributed by atoms with Crippen molar-refractivity contribution in [2.45, 2.75) is 20.3 Å². The third kappa shape index (κ3) is 3.41. The topological polar surface area (TPSA) is 26.0 Å². The molecule has 0 spiro atoms. The van der Waals surface area contributed by atoms with Gasteiger partial charge in [-0.15, -0.1) is 0 Å². The molecule has 0 heterocycles. The number of allylic oxidation sites excluding steroid dienone is 3. The highest BCUT2D eigenvalue weighted by molar-refractivity contribution is 5.22. The van der Waals surface area contributed by atoms with E-state index in [1.807, 2.05) is 13.0 Å². The summed E-state index contributed by atoms with van der Waals surface area (Å²) < 4.78 is 12.7. The molecule has 58 valence electrons. The molecule has 0 aromatic heterocycles. The van der Waals surface area contributed by atoms with Crippen LogP contribution in [0.25, 0.3) is 0 Å². The molecule has 0 saturated carbocycles. The fourth-order valence-electron chi connectivity index (χ4n) is 0.668. The first-order chi connectivity index (χ1) is 4.72. The van der Waals surface area contributed by atoms with Gasteiger partial charge in [0.25, 0.3) is 0 Å². The molecule has 0 aliphatic heterocycles. The lowest BCUT2D eigenvalue weighted by molar-refractivity contribution is 0.646. The minimum absolute atomic E-state index is 0.204. The molecule has 2 N–H and O–H groups in total. The summed E-state index contributed by atoms with van der Waals surface area (Å²) in [6.45, 7) is 3.98. The zero-order valence-corrected chi connectivity index (χ0v) is 6.52. The average Bonchev–Trinajstić information content (AvgIpc) is 1.89. The molecule has 0 aromatic carbocycles. The monoisotopic (exact) mass is 143 g/mol. The van der Waals surface area contributed by atoms with Gasteiger partial charge in [0.1, 0.15) is 5.83 Å². The highest BCUT2D eigenvalue weighted by Crippen LogP contribution is 2.09. The second-order valence-corrected chi connectivity index (χ2v) is 2.08. The summed E-state index contributed by atoms with van der Waals surface area (Å²) in [5.74, 6) is -0.204. The maximum absolute atomic E-state index is 12.7. The van der Waals surface area contributed by atoms with Crippen molar-refractivity contribution in [3.05, 3.63) is 23.6 Å². The van der Waals surface area contributed by atoms with Crippen molar-refractivity contribution in [1.29, 1.82) is 0 Å². The van der Waals surface area contributed by atoms with E-state index in [9.17, 15) is 4.39 Å². The normalized spacial score (nSPS) is 14.0. The van der Waals surface area contributed by atoms with Crippen LogP contribution in [0.2, 0.25) is 0 Å². The molecule has 0 amide bonds. The molecule has 0 rings (SSSR count). The van der Waals surface area contributed by atoms with Gasteiger partial charge in [-0.2, -0.15) is 0 Å². The van der Waals surface area contributed by atoms with Crippen molar-refractivity contribution in [3.8, 4) is 0 Å². The number of hydrogen-bond acceptors (Lipinski definition) is 1. The average molecular weight is 143 g/mol. The molecule has 0 saturated heterocycles. The molecule has 0 atom stereocenters. The minimum Gasteiger partial charge on any atom is -0.327 e. The van der Waals surface area contributed by atoms with E-state index in [1.165, 1.54) is 6.08 Å². The molecule has 0 unspecified atom stereocenters. The summed E-state index contributed by atoms with van der Waals surface area (Å²) >= 11 is 0. The fourth-order valence-corrected chi connectivity index (χ4v) is 0.668. The largest absolute Gasteiger partial charge is 0.327 e. The van der Waals surface area contributed by atoms with Crippen LogP contribution in [0.3, 0.4) is 0 Å². The van der Waals surface area contributed by atoms with E-state index in [0.29, 0.717) is 5.57 Å². The molecule has 0 aliphatic carbocycles. The maximum atomic E-state index is 12.7. The third-order valence-corrected chi connectivity index (χ3v) is 1.18. The van der Waals surface area contributed by atoms with Crippen LogP contribution in [-0.2, 0) is 0 Å². The molecule has 0 aliphatic rings. The zero-order chi connectivity index (χ0) is 7.98. The van der Waals surface area contributed by atoms with E-state index >= 15 is 0 Å². The highest BCUT2D eigenvalue weighted by atomic mass is 19.1. The summed E-state index contributed by atoms with van der Waals surface area (Å²) in [4.78, 5) is 0. The lowest BCUT2D eigenvalue weighted by Crippen LogP contribution is -1.94. The van der Waals surface area contributed by atoms with E-state index < -0.39 is 0 Å². The third-order valence-electron chi connectivity index (χ3n) is 1.18. The van der Waals surface area contributed by atoms with E-state index in [2.05, 4.69) is 0 Å². The van der Waals surface area contributed by atoms with Gasteiger partial charge in [-0.05, 0) is 25.0 Å². The number of rotatable bonds is 3. The van der Waals surface area contributed by atoms with Crippen LogP contribution in [0.4, 0.5) is 4.39 Å². The van der Waals surface area contributed by atoms with Crippen molar-refractivity contribution < 1.29 is 4.39 Å². The second-order valence-electron chi connectivity index (χ2n) is 2.08. The van der Waals surface area contributed by atoms with Crippen LogP contribution >= 0.6 is 0 Å². The molecule has 1 nitrogen and oxygen atoms in total. The predicted molar refractivity (Wildman–Crippen MR) is 42.3 cm³/mol. The van der Waals surface area contributed by atoms with Gasteiger partial charge in [-0.1, -0.05) is 13.0 Å². The minimum atomic E-state index is -0.204. The van der Waals surface area contributed by atoms with Crippen LogP contribution in [0.15, 0.2) is 23.6 Å². The van der Waals surface area contributed by atoms with Gasteiger partial charge in [0.15, 0.2) is 0 Å². The van der Waals surface area contributed by atoms with Gasteiger partial charge in [-0.3, -0.25) is 0 Å². The first-order valence-corrected chi connectivity index (χ1v) is 3.45. The van der Waals surface area contributed by atoms with Crippen molar-refractivity contribution in [3.63, 3.8) is 0 Å². The van der Waals surface area contributed by atoms with Crippen LogP contribution in [-0.4, -0.2) is 6.54 Å². The maximum Gasteiger partial charge on any atom is 0.123 e. The summed E-state index contributed by atoms with van der Waals surface area (Å²) in [6.07, 6.45) is 4.07. The molecule has 0 radical (unpaired) electrons.